The molecule has 1 aromatic carbocycles. The Bertz CT molecular complexity index is 541. The third-order valence-electron chi connectivity index (χ3n) is 3.34. The zero-order valence-corrected chi connectivity index (χ0v) is 12.1. The summed E-state index contributed by atoms with van der Waals surface area (Å²) < 4.78 is 5.39. The SMILES string of the molecule is CCC(c1nc(-c2cccc(Cl)c2)no1)C(C)NC. The maximum absolute atomic E-state index is 5.97. The maximum Gasteiger partial charge on any atom is 0.231 e. The largest absolute Gasteiger partial charge is 0.339 e. The first-order valence-corrected chi connectivity index (χ1v) is 6.80. The molecule has 1 heterocycles. The Kier molecular flexibility index (Phi) is 4.56. The van der Waals surface area contributed by atoms with Gasteiger partial charge >= 0.3 is 0 Å². The Morgan fingerprint density at radius 3 is 2.84 bits per heavy atom. The fraction of sp³-hybridized carbons (Fsp3) is 0.429. The topological polar surface area (TPSA) is 51.0 Å². The van der Waals surface area contributed by atoms with Gasteiger partial charge in [0, 0.05) is 16.6 Å². The van der Waals surface area contributed by atoms with Crippen molar-refractivity contribution in [2.45, 2.75) is 32.2 Å². The van der Waals surface area contributed by atoms with E-state index in [1.54, 1.807) is 0 Å². The minimum absolute atomic E-state index is 0.213. The van der Waals surface area contributed by atoms with Crippen molar-refractivity contribution in [2.75, 3.05) is 7.05 Å². The highest BCUT2D eigenvalue weighted by Gasteiger charge is 2.22. The number of likely N-dealkylation sites (N-methyl/N-ethyl adjacent to an activating group) is 1. The number of nitrogens with zero attached hydrogens (tertiary/aromatic N) is 2. The average Bonchev–Trinajstić information content (AvgIpc) is 2.89. The molecular weight excluding hydrogens is 262 g/mol. The molecule has 2 unspecified atom stereocenters. The molecule has 1 aromatic heterocycles. The lowest BCUT2D eigenvalue weighted by molar-refractivity contribution is 0.322. The molecule has 2 atom stereocenters. The highest BCUT2D eigenvalue weighted by atomic mass is 35.5. The van der Waals surface area contributed by atoms with Crippen LogP contribution in [0.4, 0.5) is 0 Å². The Labute approximate surface area is 118 Å². The minimum Gasteiger partial charge on any atom is -0.339 e. The van der Waals surface area contributed by atoms with Crippen LogP contribution in [0.15, 0.2) is 28.8 Å². The molecule has 0 spiro atoms. The van der Waals surface area contributed by atoms with E-state index in [2.05, 4.69) is 29.3 Å². The molecule has 0 radical (unpaired) electrons. The van der Waals surface area contributed by atoms with E-state index in [0.717, 1.165) is 12.0 Å². The number of nitrogens with one attached hydrogen (secondary N) is 1. The summed E-state index contributed by atoms with van der Waals surface area (Å²) >= 11 is 5.97. The predicted molar refractivity (Wildman–Crippen MR) is 76.3 cm³/mol. The van der Waals surface area contributed by atoms with Gasteiger partial charge < -0.3 is 9.84 Å². The summed E-state index contributed by atoms with van der Waals surface area (Å²) in [6, 6.07) is 7.74. The lowest BCUT2D eigenvalue weighted by atomic mass is 9.98. The first kappa shape index (κ1) is 14.0. The summed E-state index contributed by atoms with van der Waals surface area (Å²) in [5.41, 5.74) is 0.870. The summed E-state index contributed by atoms with van der Waals surface area (Å²) in [5, 5.41) is 7.93. The van der Waals surface area contributed by atoms with Crippen molar-refractivity contribution in [1.29, 1.82) is 0 Å². The van der Waals surface area contributed by atoms with E-state index in [0.29, 0.717) is 16.7 Å². The summed E-state index contributed by atoms with van der Waals surface area (Å²) in [6.07, 6.45) is 0.944. The van der Waals surface area contributed by atoms with Crippen molar-refractivity contribution in [1.82, 2.24) is 15.5 Å². The standard InChI is InChI=1S/C14H18ClN3O/c1-4-12(9(2)16-3)14-17-13(18-19-14)10-6-5-7-11(15)8-10/h5-9,12,16H,4H2,1-3H3. The van der Waals surface area contributed by atoms with Gasteiger partial charge in [0.15, 0.2) is 0 Å². The summed E-state index contributed by atoms with van der Waals surface area (Å²) in [4.78, 5) is 4.49. The lowest BCUT2D eigenvalue weighted by Gasteiger charge is -2.17. The van der Waals surface area contributed by atoms with Crippen LogP contribution in [0.25, 0.3) is 11.4 Å². The number of aromatic nitrogens is 2. The van der Waals surface area contributed by atoms with Gasteiger partial charge in [0.05, 0.1) is 5.92 Å². The van der Waals surface area contributed by atoms with Crippen molar-refractivity contribution >= 4 is 11.6 Å². The van der Waals surface area contributed by atoms with Crippen molar-refractivity contribution in [3.05, 3.63) is 35.2 Å². The molecule has 0 fully saturated rings. The molecule has 0 aliphatic rings. The molecule has 0 amide bonds. The third kappa shape index (κ3) is 3.14. The normalized spacial score (nSPS) is 14.3. The molecule has 2 aromatic rings. The van der Waals surface area contributed by atoms with E-state index in [9.17, 15) is 0 Å². The molecule has 5 heteroatoms. The lowest BCUT2D eigenvalue weighted by Crippen LogP contribution is -2.28. The fourth-order valence-corrected chi connectivity index (χ4v) is 2.26. The molecule has 0 saturated carbocycles. The van der Waals surface area contributed by atoms with Gasteiger partial charge in [0.2, 0.25) is 11.7 Å². The van der Waals surface area contributed by atoms with Crippen LogP contribution < -0.4 is 5.32 Å². The summed E-state index contributed by atoms with van der Waals surface area (Å²) in [5.74, 6) is 1.46. The molecule has 0 saturated heterocycles. The Morgan fingerprint density at radius 1 is 1.42 bits per heavy atom. The quantitative estimate of drug-likeness (QED) is 0.910. The summed E-state index contributed by atoms with van der Waals surface area (Å²) in [7, 11) is 1.93. The smallest absolute Gasteiger partial charge is 0.231 e. The van der Waals surface area contributed by atoms with Crippen LogP contribution in [0.5, 0.6) is 0 Å². The maximum atomic E-state index is 5.97. The van der Waals surface area contributed by atoms with Gasteiger partial charge in [-0.2, -0.15) is 4.98 Å². The van der Waals surface area contributed by atoms with Crippen LogP contribution in [-0.2, 0) is 0 Å². The van der Waals surface area contributed by atoms with Crippen LogP contribution in [0.2, 0.25) is 5.02 Å². The molecule has 102 valence electrons. The van der Waals surface area contributed by atoms with Gasteiger partial charge in [-0.3, -0.25) is 0 Å². The second-order valence-corrected chi connectivity index (χ2v) is 5.00. The zero-order valence-electron chi connectivity index (χ0n) is 11.4. The number of halogens is 1. The number of hydrogen-bond donors (Lipinski definition) is 1. The second-order valence-electron chi connectivity index (χ2n) is 4.56. The molecule has 0 aliphatic heterocycles. The van der Waals surface area contributed by atoms with E-state index in [1.165, 1.54) is 0 Å². The molecule has 4 nitrogen and oxygen atoms in total. The molecule has 0 bridgehead atoms. The minimum atomic E-state index is 0.213. The van der Waals surface area contributed by atoms with Gasteiger partial charge in [-0.1, -0.05) is 35.8 Å². The van der Waals surface area contributed by atoms with Crippen molar-refractivity contribution < 1.29 is 4.52 Å². The van der Waals surface area contributed by atoms with Crippen molar-refractivity contribution in [3.63, 3.8) is 0 Å². The molecule has 19 heavy (non-hydrogen) atoms. The van der Waals surface area contributed by atoms with E-state index in [4.69, 9.17) is 16.1 Å². The molecule has 0 aliphatic carbocycles. The van der Waals surface area contributed by atoms with E-state index in [1.807, 2.05) is 31.3 Å². The highest BCUT2D eigenvalue weighted by molar-refractivity contribution is 6.30. The second kappa shape index (κ2) is 6.17. The van der Waals surface area contributed by atoms with E-state index < -0.39 is 0 Å². The Balaban J connectivity index is 2.28. The van der Waals surface area contributed by atoms with Crippen LogP contribution in [0.1, 0.15) is 32.1 Å². The van der Waals surface area contributed by atoms with Crippen molar-refractivity contribution in [3.8, 4) is 11.4 Å². The van der Waals surface area contributed by atoms with Gasteiger partial charge in [0.25, 0.3) is 0 Å². The zero-order chi connectivity index (χ0) is 13.8. The molecular formula is C14H18ClN3O. The first-order chi connectivity index (χ1) is 9.15. The van der Waals surface area contributed by atoms with Crippen LogP contribution in [0, 0.1) is 0 Å². The monoisotopic (exact) mass is 279 g/mol. The molecule has 1 N–H and O–H groups in total. The fourth-order valence-electron chi connectivity index (χ4n) is 2.07. The number of hydrogen-bond acceptors (Lipinski definition) is 4. The van der Waals surface area contributed by atoms with Gasteiger partial charge in [0.1, 0.15) is 0 Å². The average molecular weight is 280 g/mol. The van der Waals surface area contributed by atoms with Crippen LogP contribution in [-0.4, -0.2) is 23.2 Å². The number of rotatable bonds is 5. The first-order valence-electron chi connectivity index (χ1n) is 6.42. The van der Waals surface area contributed by atoms with Crippen LogP contribution in [0.3, 0.4) is 0 Å². The van der Waals surface area contributed by atoms with Gasteiger partial charge in [-0.15, -0.1) is 0 Å². The predicted octanol–water partition coefficient (Wildman–Crippen LogP) is 3.49. The summed E-state index contributed by atoms with van der Waals surface area (Å²) in [6.45, 7) is 4.22. The van der Waals surface area contributed by atoms with E-state index >= 15 is 0 Å². The Hall–Kier alpha value is -1.39. The van der Waals surface area contributed by atoms with Crippen LogP contribution >= 0.6 is 11.6 Å². The highest BCUT2D eigenvalue weighted by Crippen LogP contribution is 2.25. The Morgan fingerprint density at radius 2 is 2.21 bits per heavy atom. The number of benzene rings is 1. The molecule has 2 rings (SSSR count). The third-order valence-corrected chi connectivity index (χ3v) is 3.58. The van der Waals surface area contributed by atoms with E-state index in [-0.39, 0.29) is 12.0 Å². The van der Waals surface area contributed by atoms with Gasteiger partial charge in [-0.25, -0.2) is 0 Å². The van der Waals surface area contributed by atoms with Gasteiger partial charge in [-0.05, 0) is 32.5 Å². The van der Waals surface area contributed by atoms with Crippen molar-refractivity contribution in [2.24, 2.45) is 0 Å².